The van der Waals surface area contributed by atoms with Crippen LogP contribution < -0.4 is 5.32 Å². The molecular formula is C15H21N3OS. The summed E-state index contributed by atoms with van der Waals surface area (Å²) in [5, 5.41) is 9.58. The highest BCUT2D eigenvalue weighted by Crippen LogP contribution is 2.33. The van der Waals surface area contributed by atoms with E-state index in [1.807, 2.05) is 11.3 Å². The van der Waals surface area contributed by atoms with Gasteiger partial charge in [-0.25, -0.2) is 0 Å². The first kappa shape index (κ1) is 13.8. The zero-order valence-corrected chi connectivity index (χ0v) is 12.9. The first-order chi connectivity index (χ1) is 9.78. The van der Waals surface area contributed by atoms with Crippen LogP contribution in [0.15, 0.2) is 22.0 Å². The molecule has 2 aromatic heterocycles. The molecule has 1 unspecified atom stereocenters. The summed E-state index contributed by atoms with van der Waals surface area (Å²) in [6.45, 7) is 8.04. The maximum absolute atomic E-state index is 5.45. The molecule has 5 heteroatoms. The maximum atomic E-state index is 5.45. The van der Waals surface area contributed by atoms with Gasteiger partial charge in [-0.3, -0.25) is 4.90 Å². The van der Waals surface area contributed by atoms with Gasteiger partial charge in [0.05, 0.1) is 12.2 Å². The van der Waals surface area contributed by atoms with Crippen molar-refractivity contribution in [1.29, 1.82) is 0 Å². The van der Waals surface area contributed by atoms with Crippen molar-refractivity contribution in [2.75, 3.05) is 13.1 Å². The highest BCUT2D eigenvalue weighted by Gasteiger charge is 2.25. The second-order valence-corrected chi connectivity index (χ2v) is 6.26. The van der Waals surface area contributed by atoms with Gasteiger partial charge in [-0.05, 0) is 36.9 Å². The van der Waals surface area contributed by atoms with Crippen molar-refractivity contribution < 1.29 is 4.52 Å². The van der Waals surface area contributed by atoms with Gasteiger partial charge in [0.15, 0.2) is 5.76 Å². The molecule has 0 spiro atoms. The van der Waals surface area contributed by atoms with Gasteiger partial charge in [0, 0.05) is 30.1 Å². The number of fused-ring (bicyclic) bond motifs is 1. The number of hydrogen-bond donors (Lipinski definition) is 1. The van der Waals surface area contributed by atoms with E-state index in [0.29, 0.717) is 6.04 Å². The van der Waals surface area contributed by atoms with Crippen molar-refractivity contribution in [1.82, 2.24) is 15.4 Å². The second-order valence-electron chi connectivity index (χ2n) is 5.26. The Kier molecular flexibility index (Phi) is 4.19. The zero-order chi connectivity index (χ0) is 13.9. The third-order valence-electron chi connectivity index (χ3n) is 3.93. The molecule has 0 amide bonds. The Morgan fingerprint density at radius 1 is 1.55 bits per heavy atom. The molecule has 0 aliphatic carbocycles. The van der Waals surface area contributed by atoms with E-state index in [2.05, 4.69) is 46.7 Å². The SMILES string of the molecule is CCNCc1cc(CN2CCc3sccc3C2C)on1. The van der Waals surface area contributed by atoms with Crippen LogP contribution >= 0.6 is 11.3 Å². The lowest BCUT2D eigenvalue weighted by Gasteiger charge is -2.32. The van der Waals surface area contributed by atoms with Crippen LogP contribution in [0.5, 0.6) is 0 Å². The molecule has 1 aliphatic heterocycles. The minimum atomic E-state index is 0.465. The lowest BCUT2D eigenvalue weighted by Crippen LogP contribution is -2.32. The predicted octanol–water partition coefficient (Wildman–Crippen LogP) is 2.96. The van der Waals surface area contributed by atoms with Crippen molar-refractivity contribution in [3.63, 3.8) is 0 Å². The average Bonchev–Trinajstić information content (AvgIpc) is 3.09. The van der Waals surface area contributed by atoms with Crippen LogP contribution in [0.25, 0.3) is 0 Å². The minimum Gasteiger partial charge on any atom is -0.360 e. The van der Waals surface area contributed by atoms with E-state index in [1.165, 1.54) is 5.56 Å². The van der Waals surface area contributed by atoms with Gasteiger partial charge < -0.3 is 9.84 Å². The molecule has 1 atom stereocenters. The van der Waals surface area contributed by atoms with Crippen LogP contribution in [0.4, 0.5) is 0 Å². The van der Waals surface area contributed by atoms with Gasteiger partial charge in [0.1, 0.15) is 0 Å². The minimum absolute atomic E-state index is 0.465. The largest absolute Gasteiger partial charge is 0.360 e. The van der Waals surface area contributed by atoms with Crippen LogP contribution in [0.1, 0.15) is 41.8 Å². The monoisotopic (exact) mass is 291 g/mol. The van der Waals surface area contributed by atoms with E-state index in [1.54, 1.807) is 4.88 Å². The van der Waals surface area contributed by atoms with E-state index < -0.39 is 0 Å². The van der Waals surface area contributed by atoms with Crippen molar-refractivity contribution >= 4 is 11.3 Å². The third-order valence-corrected chi connectivity index (χ3v) is 4.92. The lowest BCUT2D eigenvalue weighted by molar-refractivity contribution is 0.170. The van der Waals surface area contributed by atoms with E-state index in [0.717, 1.165) is 44.1 Å². The number of rotatable bonds is 5. The molecule has 0 saturated heterocycles. The summed E-state index contributed by atoms with van der Waals surface area (Å²) in [5.74, 6) is 0.962. The van der Waals surface area contributed by atoms with Crippen LogP contribution in [0.3, 0.4) is 0 Å². The second kappa shape index (κ2) is 6.08. The summed E-state index contributed by atoms with van der Waals surface area (Å²) < 4.78 is 5.45. The molecule has 3 heterocycles. The Balaban J connectivity index is 1.65. The fraction of sp³-hybridized carbons (Fsp3) is 0.533. The fourth-order valence-corrected chi connectivity index (χ4v) is 3.71. The van der Waals surface area contributed by atoms with E-state index in [9.17, 15) is 0 Å². The van der Waals surface area contributed by atoms with Crippen molar-refractivity contribution in [3.05, 3.63) is 39.4 Å². The van der Waals surface area contributed by atoms with Gasteiger partial charge in [0.25, 0.3) is 0 Å². The molecule has 1 aliphatic rings. The number of hydrogen-bond acceptors (Lipinski definition) is 5. The van der Waals surface area contributed by atoms with Crippen molar-refractivity contribution in [2.45, 2.75) is 39.4 Å². The summed E-state index contributed by atoms with van der Waals surface area (Å²) >= 11 is 1.88. The standard InChI is InChI=1S/C15H21N3OS/c1-3-16-9-12-8-13(19-17-12)10-18-6-4-15-14(11(18)2)5-7-20-15/h5,7-8,11,16H,3-4,6,9-10H2,1-2H3. The molecule has 0 aromatic carbocycles. The average molecular weight is 291 g/mol. The summed E-state index contributed by atoms with van der Waals surface area (Å²) in [5.41, 5.74) is 2.47. The Morgan fingerprint density at radius 2 is 2.45 bits per heavy atom. The van der Waals surface area contributed by atoms with E-state index >= 15 is 0 Å². The molecule has 108 valence electrons. The summed E-state index contributed by atoms with van der Waals surface area (Å²) in [6.07, 6.45) is 1.15. The van der Waals surface area contributed by atoms with Gasteiger partial charge >= 0.3 is 0 Å². The quantitative estimate of drug-likeness (QED) is 0.919. The molecule has 0 saturated carbocycles. The summed E-state index contributed by atoms with van der Waals surface area (Å²) in [7, 11) is 0. The third kappa shape index (κ3) is 2.80. The Bertz CT molecular complexity index is 563. The predicted molar refractivity (Wildman–Crippen MR) is 80.7 cm³/mol. The number of nitrogens with zero attached hydrogens (tertiary/aromatic N) is 2. The van der Waals surface area contributed by atoms with Crippen molar-refractivity contribution in [2.24, 2.45) is 0 Å². The van der Waals surface area contributed by atoms with Crippen LogP contribution in [-0.2, 0) is 19.5 Å². The molecule has 0 radical (unpaired) electrons. The van der Waals surface area contributed by atoms with Gasteiger partial charge in [0.2, 0.25) is 0 Å². The fourth-order valence-electron chi connectivity index (χ4n) is 2.74. The highest BCUT2D eigenvalue weighted by molar-refractivity contribution is 7.10. The zero-order valence-electron chi connectivity index (χ0n) is 12.1. The van der Waals surface area contributed by atoms with Crippen LogP contribution in [-0.4, -0.2) is 23.1 Å². The van der Waals surface area contributed by atoms with E-state index in [4.69, 9.17) is 4.52 Å². The molecule has 0 bridgehead atoms. The van der Waals surface area contributed by atoms with Gasteiger partial charge in [-0.1, -0.05) is 12.1 Å². The molecule has 2 aromatic rings. The molecule has 3 rings (SSSR count). The lowest BCUT2D eigenvalue weighted by atomic mass is 10.0. The first-order valence-corrected chi connectivity index (χ1v) is 8.11. The van der Waals surface area contributed by atoms with Crippen LogP contribution in [0, 0.1) is 0 Å². The Morgan fingerprint density at radius 3 is 3.30 bits per heavy atom. The van der Waals surface area contributed by atoms with E-state index in [-0.39, 0.29) is 0 Å². The smallest absolute Gasteiger partial charge is 0.151 e. The molecule has 1 N–H and O–H groups in total. The molecule has 0 fully saturated rings. The Hall–Kier alpha value is -1.17. The normalized spacial score (nSPS) is 19.2. The van der Waals surface area contributed by atoms with Gasteiger partial charge in [-0.15, -0.1) is 11.3 Å². The topological polar surface area (TPSA) is 41.3 Å². The maximum Gasteiger partial charge on any atom is 0.151 e. The molecule has 4 nitrogen and oxygen atoms in total. The number of thiophene rings is 1. The van der Waals surface area contributed by atoms with Gasteiger partial charge in [-0.2, -0.15) is 0 Å². The molecule has 20 heavy (non-hydrogen) atoms. The molecular weight excluding hydrogens is 270 g/mol. The van der Waals surface area contributed by atoms with Crippen molar-refractivity contribution in [3.8, 4) is 0 Å². The summed E-state index contributed by atoms with van der Waals surface area (Å²) in [6, 6.07) is 4.79. The number of aromatic nitrogens is 1. The Labute approximate surface area is 123 Å². The number of nitrogens with one attached hydrogen (secondary N) is 1. The highest BCUT2D eigenvalue weighted by atomic mass is 32.1. The summed E-state index contributed by atoms with van der Waals surface area (Å²) in [4.78, 5) is 4.01. The van der Waals surface area contributed by atoms with Crippen LogP contribution in [0.2, 0.25) is 0 Å². The first-order valence-electron chi connectivity index (χ1n) is 7.23.